The molecule has 1 amide bonds. The van der Waals surface area contributed by atoms with Crippen LogP contribution in [0.2, 0.25) is 0 Å². The van der Waals surface area contributed by atoms with E-state index in [1.54, 1.807) is 24.5 Å². The molecule has 0 aliphatic heterocycles. The lowest BCUT2D eigenvalue weighted by molar-refractivity contribution is 0.0696. The van der Waals surface area contributed by atoms with Crippen molar-refractivity contribution in [1.82, 2.24) is 10.3 Å². The third-order valence-corrected chi connectivity index (χ3v) is 2.27. The van der Waals surface area contributed by atoms with Gasteiger partial charge in [0.2, 0.25) is 0 Å². The minimum Gasteiger partial charge on any atom is -0.478 e. The summed E-state index contributed by atoms with van der Waals surface area (Å²) in [6, 6.07) is 4.72. The normalized spacial score (nSPS) is 10.0. The fourth-order valence-corrected chi connectivity index (χ4v) is 1.34. The van der Waals surface area contributed by atoms with Gasteiger partial charge in [0, 0.05) is 25.0 Å². The van der Waals surface area contributed by atoms with E-state index in [0.717, 1.165) is 11.8 Å². The molecule has 6 heteroatoms. The molecule has 0 saturated carbocycles. The number of nitrogens with one attached hydrogen (secondary N) is 1. The third kappa shape index (κ3) is 2.73. The fourth-order valence-electron chi connectivity index (χ4n) is 1.34. The van der Waals surface area contributed by atoms with Crippen LogP contribution in [0.4, 0.5) is 0 Å². The number of furan rings is 1. The Labute approximate surface area is 102 Å². The Balaban J connectivity index is 1.97. The number of carboxylic acids is 1. The molecule has 2 rings (SSSR count). The average molecular weight is 246 g/mol. The van der Waals surface area contributed by atoms with Gasteiger partial charge in [0.25, 0.3) is 5.91 Å². The summed E-state index contributed by atoms with van der Waals surface area (Å²) < 4.78 is 4.87. The zero-order chi connectivity index (χ0) is 13.0. The number of carboxylic acid groups (broad SMARTS) is 1. The SMILES string of the molecule is O=C(O)c1coc(C(=O)NCc2ccncc2)c1. The number of aromatic nitrogens is 1. The Hall–Kier alpha value is -2.63. The lowest BCUT2D eigenvalue weighted by Gasteiger charge is -2.02. The molecule has 2 heterocycles. The number of hydrogen-bond donors (Lipinski definition) is 2. The van der Waals surface area contributed by atoms with Gasteiger partial charge in [-0.15, -0.1) is 0 Å². The zero-order valence-electron chi connectivity index (χ0n) is 9.29. The molecule has 0 aromatic carbocycles. The third-order valence-electron chi connectivity index (χ3n) is 2.27. The van der Waals surface area contributed by atoms with E-state index >= 15 is 0 Å². The van der Waals surface area contributed by atoms with Crippen LogP contribution in [0.25, 0.3) is 0 Å². The topological polar surface area (TPSA) is 92.4 Å². The standard InChI is InChI=1S/C12H10N2O4/c15-11(10-5-9(7-18-10)12(16)17)14-6-8-1-3-13-4-2-8/h1-5,7H,6H2,(H,14,15)(H,16,17). The minimum absolute atomic E-state index is 0.0264. The highest BCUT2D eigenvalue weighted by atomic mass is 16.4. The van der Waals surface area contributed by atoms with Crippen LogP contribution in [0.5, 0.6) is 0 Å². The fraction of sp³-hybridized carbons (Fsp3) is 0.0833. The molecule has 92 valence electrons. The largest absolute Gasteiger partial charge is 0.478 e. The molecule has 2 N–H and O–H groups in total. The summed E-state index contributed by atoms with van der Waals surface area (Å²) in [6.07, 6.45) is 4.28. The highest BCUT2D eigenvalue weighted by Gasteiger charge is 2.14. The van der Waals surface area contributed by atoms with Gasteiger partial charge in [-0.2, -0.15) is 0 Å². The number of carbonyl (C=O) groups excluding carboxylic acids is 1. The number of aromatic carboxylic acids is 1. The maximum absolute atomic E-state index is 11.6. The Bertz CT molecular complexity index is 562. The van der Waals surface area contributed by atoms with Crippen molar-refractivity contribution >= 4 is 11.9 Å². The molecule has 0 fully saturated rings. The van der Waals surface area contributed by atoms with Gasteiger partial charge in [-0.25, -0.2) is 4.79 Å². The lowest BCUT2D eigenvalue weighted by atomic mass is 10.2. The maximum atomic E-state index is 11.6. The van der Waals surface area contributed by atoms with Crippen molar-refractivity contribution in [3.8, 4) is 0 Å². The molecule has 0 saturated heterocycles. The van der Waals surface area contributed by atoms with E-state index in [9.17, 15) is 9.59 Å². The number of rotatable bonds is 4. The molecule has 0 bridgehead atoms. The predicted octanol–water partition coefficient (Wildman–Crippen LogP) is 1.30. The van der Waals surface area contributed by atoms with Crippen LogP contribution in [0, 0.1) is 0 Å². The van der Waals surface area contributed by atoms with Crippen LogP contribution < -0.4 is 5.32 Å². The van der Waals surface area contributed by atoms with E-state index in [4.69, 9.17) is 9.52 Å². The first-order chi connectivity index (χ1) is 8.66. The first-order valence-electron chi connectivity index (χ1n) is 5.16. The molecular formula is C12H10N2O4. The number of hydrogen-bond acceptors (Lipinski definition) is 4. The van der Waals surface area contributed by atoms with E-state index in [-0.39, 0.29) is 11.3 Å². The summed E-state index contributed by atoms with van der Waals surface area (Å²) in [6.45, 7) is 0.324. The van der Waals surface area contributed by atoms with E-state index in [2.05, 4.69) is 10.3 Å². The van der Waals surface area contributed by atoms with Crippen molar-refractivity contribution < 1.29 is 19.1 Å². The molecule has 0 unspecified atom stereocenters. The summed E-state index contributed by atoms with van der Waals surface area (Å²) in [4.78, 5) is 26.1. The number of pyridine rings is 1. The van der Waals surface area contributed by atoms with Gasteiger partial charge in [0.15, 0.2) is 5.76 Å². The van der Waals surface area contributed by atoms with Crippen molar-refractivity contribution in [2.75, 3.05) is 0 Å². The predicted molar refractivity (Wildman–Crippen MR) is 61.1 cm³/mol. The summed E-state index contributed by atoms with van der Waals surface area (Å²) in [5, 5.41) is 11.3. The van der Waals surface area contributed by atoms with Crippen molar-refractivity contribution in [1.29, 1.82) is 0 Å². The molecular weight excluding hydrogens is 236 g/mol. The summed E-state index contributed by atoms with van der Waals surface area (Å²) >= 11 is 0. The van der Waals surface area contributed by atoms with Crippen LogP contribution in [0.1, 0.15) is 26.5 Å². The van der Waals surface area contributed by atoms with E-state index in [1.165, 1.54) is 6.07 Å². The Morgan fingerprint density at radius 1 is 1.33 bits per heavy atom. The van der Waals surface area contributed by atoms with Crippen LogP contribution in [0.15, 0.2) is 41.3 Å². The Kier molecular flexibility index (Phi) is 3.38. The van der Waals surface area contributed by atoms with Gasteiger partial charge in [-0.05, 0) is 17.7 Å². The smallest absolute Gasteiger partial charge is 0.338 e. The van der Waals surface area contributed by atoms with Gasteiger partial charge in [0.1, 0.15) is 6.26 Å². The highest BCUT2D eigenvalue weighted by Crippen LogP contribution is 2.08. The van der Waals surface area contributed by atoms with Crippen molar-refractivity contribution in [3.05, 3.63) is 53.7 Å². The Morgan fingerprint density at radius 3 is 2.67 bits per heavy atom. The van der Waals surface area contributed by atoms with Crippen molar-refractivity contribution in [2.24, 2.45) is 0 Å². The van der Waals surface area contributed by atoms with Crippen LogP contribution in [-0.4, -0.2) is 22.0 Å². The molecule has 0 aliphatic rings. The summed E-state index contributed by atoms with van der Waals surface area (Å²) in [5.41, 5.74) is 0.840. The van der Waals surface area contributed by atoms with Crippen molar-refractivity contribution in [2.45, 2.75) is 6.54 Å². The molecule has 0 aliphatic carbocycles. The van der Waals surface area contributed by atoms with Crippen molar-refractivity contribution in [3.63, 3.8) is 0 Å². The minimum atomic E-state index is -1.13. The molecule has 0 radical (unpaired) electrons. The van der Waals surface area contributed by atoms with E-state index < -0.39 is 11.9 Å². The number of carbonyl (C=O) groups is 2. The first-order valence-corrected chi connectivity index (χ1v) is 5.16. The second-order valence-corrected chi connectivity index (χ2v) is 3.54. The highest BCUT2D eigenvalue weighted by molar-refractivity contribution is 5.95. The molecule has 0 spiro atoms. The van der Waals surface area contributed by atoms with Gasteiger partial charge < -0.3 is 14.8 Å². The van der Waals surface area contributed by atoms with E-state index in [1.807, 2.05) is 0 Å². The number of amides is 1. The second-order valence-electron chi connectivity index (χ2n) is 3.54. The molecule has 0 atom stereocenters. The number of nitrogens with zero attached hydrogens (tertiary/aromatic N) is 1. The Morgan fingerprint density at radius 2 is 2.06 bits per heavy atom. The molecule has 6 nitrogen and oxygen atoms in total. The van der Waals surface area contributed by atoms with Gasteiger partial charge >= 0.3 is 5.97 Å². The van der Waals surface area contributed by atoms with Crippen LogP contribution in [0.3, 0.4) is 0 Å². The summed E-state index contributed by atoms with van der Waals surface area (Å²) in [5.74, 6) is -1.62. The molecule has 2 aromatic heterocycles. The monoisotopic (exact) mass is 246 g/mol. The second kappa shape index (κ2) is 5.13. The quantitative estimate of drug-likeness (QED) is 0.848. The van der Waals surface area contributed by atoms with Crippen LogP contribution >= 0.6 is 0 Å². The van der Waals surface area contributed by atoms with Gasteiger partial charge in [-0.1, -0.05) is 0 Å². The van der Waals surface area contributed by atoms with E-state index in [0.29, 0.717) is 6.54 Å². The molecule has 18 heavy (non-hydrogen) atoms. The van der Waals surface area contributed by atoms with Gasteiger partial charge in [-0.3, -0.25) is 9.78 Å². The molecule has 2 aromatic rings. The average Bonchev–Trinajstić information content (AvgIpc) is 2.87. The first kappa shape index (κ1) is 11.8. The zero-order valence-corrected chi connectivity index (χ0v) is 9.29. The van der Waals surface area contributed by atoms with Crippen LogP contribution in [-0.2, 0) is 6.54 Å². The summed E-state index contributed by atoms with van der Waals surface area (Å²) in [7, 11) is 0. The maximum Gasteiger partial charge on any atom is 0.338 e. The van der Waals surface area contributed by atoms with Gasteiger partial charge in [0.05, 0.1) is 5.56 Å². The lowest BCUT2D eigenvalue weighted by Crippen LogP contribution is -2.22.